The number of rotatable bonds is 8. The van der Waals surface area contributed by atoms with Gasteiger partial charge in [-0.3, -0.25) is 0 Å². The van der Waals surface area contributed by atoms with Crippen LogP contribution in [0.3, 0.4) is 0 Å². The van der Waals surface area contributed by atoms with Crippen LogP contribution in [0.25, 0.3) is 0 Å². The number of esters is 4. The summed E-state index contributed by atoms with van der Waals surface area (Å²) >= 11 is 0. The van der Waals surface area contributed by atoms with Crippen molar-refractivity contribution in [3.8, 4) is 23.0 Å². The topological polar surface area (TPSA) is 105 Å². The van der Waals surface area contributed by atoms with Crippen LogP contribution in [-0.2, 0) is 0 Å². The van der Waals surface area contributed by atoms with E-state index in [-0.39, 0.29) is 11.9 Å². The molecule has 0 aliphatic rings. The molecule has 7 aromatic carbocycles. The van der Waals surface area contributed by atoms with Gasteiger partial charge in [0.25, 0.3) is 0 Å². The summed E-state index contributed by atoms with van der Waals surface area (Å²) in [6.45, 7) is 11.8. The van der Waals surface area contributed by atoms with Gasteiger partial charge in [-0.25, -0.2) is 19.2 Å². The summed E-state index contributed by atoms with van der Waals surface area (Å²) in [5.41, 5.74) is 8.75. The van der Waals surface area contributed by atoms with E-state index in [2.05, 4.69) is 0 Å². The first-order valence-corrected chi connectivity index (χ1v) is 19.2. The molecular weight excluding hydrogens is 753 g/mol. The Morgan fingerprint density at radius 2 is 0.367 bits per heavy atom. The van der Waals surface area contributed by atoms with Crippen molar-refractivity contribution in [2.75, 3.05) is 0 Å². The molecule has 60 heavy (non-hydrogen) atoms. The first kappa shape index (κ1) is 43.5. The highest BCUT2D eigenvalue weighted by molar-refractivity contribution is 5.93. The van der Waals surface area contributed by atoms with Crippen LogP contribution in [0.15, 0.2) is 170 Å². The van der Waals surface area contributed by atoms with Crippen molar-refractivity contribution in [3.05, 3.63) is 225 Å². The van der Waals surface area contributed by atoms with E-state index in [0.717, 1.165) is 33.4 Å². The Kier molecular flexibility index (Phi) is 15.4. The molecule has 7 rings (SSSR count). The van der Waals surface area contributed by atoms with Gasteiger partial charge in [-0.05, 0) is 139 Å². The van der Waals surface area contributed by atoms with Gasteiger partial charge in [0.1, 0.15) is 23.0 Å². The lowest BCUT2D eigenvalue weighted by molar-refractivity contribution is 0.0719. The van der Waals surface area contributed by atoms with Crippen LogP contribution in [0.5, 0.6) is 23.0 Å². The molecular formula is C52H46O8. The molecule has 0 bridgehead atoms. The number of carbonyl (C=O) groups excluding carboxylic acids is 4. The second kappa shape index (κ2) is 21.3. The van der Waals surface area contributed by atoms with E-state index in [1.807, 2.05) is 114 Å². The predicted octanol–water partition coefficient (Wildman–Crippen LogP) is 11.8. The molecule has 0 fully saturated rings. The minimum absolute atomic E-state index is 0.325. The SMILES string of the molecule is Cc1ccc(C(=O)Oc2ccc(OC(=O)c3ccc(C)cc3)cc2)cc1.Cc1ccc(OC(=O)c2ccc(C)cc2)cc1.Cc1ccc(OC(=O)c2ccc(C)cc2)cc1. The second-order valence-corrected chi connectivity index (χ2v) is 14.1. The molecule has 0 unspecified atom stereocenters. The lowest BCUT2D eigenvalue weighted by Crippen LogP contribution is -2.09. The van der Waals surface area contributed by atoms with Gasteiger partial charge in [0.05, 0.1) is 22.3 Å². The second-order valence-electron chi connectivity index (χ2n) is 14.1. The quantitative estimate of drug-likeness (QED) is 0.111. The van der Waals surface area contributed by atoms with Gasteiger partial charge in [-0.2, -0.15) is 0 Å². The van der Waals surface area contributed by atoms with Crippen LogP contribution in [-0.4, -0.2) is 23.9 Å². The summed E-state index contributed by atoms with van der Waals surface area (Å²) < 4.78 is 21.2. The number of hydrogen-bond donors (Lipinski definition) is 0. The van der Waals surface area contributed by atoms with Gasteiger partial charge in [0.2, 0.25) is 0 Å². The van der Waals surface area contributed by atoms with E-state index < -0.39 is 11.9 Å². The third-order valence-electron chi connectivity index (χ3n) is 8.86. The van der Waals surface area contributed by atoms with E-state index in [9.17, 15) is 19.2 Å². The molecule has 0 saturated heterocycles. The normalized spacial score (nSPS) is 10.1. The summed E-state index contributed by atoms with van der Waals surface area (Å²) in [5, 5.41) is 0. The Morgan fingerprint density at radius 1 is 0.233 bits per heavy atom. The van der Waals surface area contributed by atoms with E-state index in [0.29, 0.717) is 45.3 Å². The van der Waals surface area contributed by atoms with Crippen LogP contribution in [0, 0.1) is 41.5 Å². The Balaban J connectivity index is 0.000000177. The van der Waals surface area contributed by atoms with E-state index in [1.54, 1.807) is 97.1 Å². The third kappa shape index (κ3) is 13.8. The number of aryl methyl sites for hydroxylation is 6. The Labute approximate surface area is 351 Å². The van der Waals surface area contributed by atoms with Gasteiger partial charge in [0, 0.05) is 0 Å². The highest BCUT2D eigenvalue weighted by Crippen LogP contribution is 2.21. The molecule has 8 nitrogen and oxygen atoms in total. The molecule has 302 valence electrons. The predicted molar refractivity (Wildman–Crippen MR) is 233 cm³/mol. The maximum atomic E-state index is 12.1. The van der Waals surface area contributed by atoms with Gasteiger partial charge >= 0.3 is 23.9 Å². The maximum absolute atomic E-state index is 12.1. The smallest absolute Gasteiger partial charge is 0.343 e. The zero-order valence-corrected chi connectivity index (χ0v) is 34.4. The molecule has 0 saturated carbocycles. The summed E-state index contributed by atoms with van der Waals surface area (Å²) in [6, 6.07) is 50.1. The Bertz CT molecular complexity index is 2310. The molecule has 0 radical (unpaired) electrons. The monoisotopic (exact) mass is 798 g/mol. The molecule has 0 spiro atoms. The van der Waals surface area contributed by atoms with Crippen molar-refractivity contribution >= 4 is 23.9 Å². The molecule has 0 atom stereocenters. The van der Waals surface area contributed by atoms with E-state index >= 15 is 0 Å². The summed E-state index contributed by atoms with van der Waals surface area (Å²) in [7, 11) is 0. The molecule has 0 aliphatic carbocycles. The number of hydrogen-bond acceptors (Lipinski definition) is 8. The first-order valence-electron chi connectivity index (χ1n) is 19.2. The largest absolute Gasteiger partial charge is 0.423 e. The standard InChI is InChI=1S/C22H18O4.2C15H14O2/c1-15-3-7-17(8-4-15)21(23)25-19-11-13-20(14-12-19)26-22(24)18-9-5-16(2)6-10-18;2*1-11-3-7-13(8-4-11)15(16)17-14-9-5-12(2)6-10-14/h3-14H,1-2H3;2*3-10H,1-2H3. The number of benzene rings is 7. The van der Waals surface area contributed by atoms with Crippen LogP contribution in [0.2, 0.25) is 0 Å². The fourth-order valence-electron chi connectivity index (χ4n) is 5.21. The van der Waals surface area contributed by atoms with Crippen molar-refractivity contribution in [2.45, 2.75) is 41.5 Å². The number of ether oxygens (including phenoxy) is 4. The van der Waals surface area contributed by atoms with Crippen molar-refractivity contribution < 1.29 is 38.1 Å². The average molecular weight is 799 g/mol. The minimum Gasteiger partial charge on any atom is -0.423 e. The molecule has 7 aromatic rings. The van der Waals surface area contributed by atoms with Crippen LogP contribution in [0.1, 0.15) is 74.8 Å². The van der Waals surface area contributed by atoms with Gasteiger partial charge in [0.15, 0.2) is 0 Å². The summed E-state index contributed by atoms with van der Waals surface area (Å²) in [5.74, 6) is 0.380. The molecule has 0 aliphatic heterocycles. The highest BCUT2D eigenvalue weighted by Gasteiger charge is 2.12. The van der Waals surface area contributed by atoms with Crippen molar-refractivity contribution in [1.82, 2.24) is 0 Å². The van der Waals surface area contributed by atoms with Crippen molar-refractivity contribution in [1.29, 1.82) is 0 Å². The van der Waals surface area contributed by atoms with Gasteiger partial charge in [-0.15, -0.1) is 0 Å². The van der Waals surface area contributed by atoms with Crippen LogP contribution >= 0.6 is 0 Å². The summed E-state index contributed by atoms with van der Waals surface area (Å²) in [4.78, 5) is 47.8. The summed E-state index contributed by atoms with van der Waals surface area (Å²) in [6.07, 6.45) is 0. The first-order chi connectivity index (χ1) is 28.8. The fourth-order valence-corrected chi connectivity index (χ4v) is 5.21. The van der Waals surface area contributed by atoms with Crippen LogP contribution < -0.4 is 18.9 Å². The lowest BCUT2D eigenvalue weighted by atomic mass is 10.1. The van der Waals surface area contributed by atoms with E-state index in [1.165, 1.54) is 0 Å². The molecule has 8 heteroatoms. The Hall–Kier alpha value is -7.58. The maximum Gasteiger partial charge on any atom is 0.343 e. The zero-order valence-electron chi connectivity index (χ0n) is 34.4. The van der Waals surface area contributed by atoms with Crippen molar-refractivity contribution in [2.24, 2.45) is 0 Å². The van der Waals surface area contributed by atoms with Crippen LogP contribution in [0.4, 0.5) is 0 Å². The minimum atomic E-state index is -0.436. The molecule has 0 aromatic heterocycles. The zero-order chi connectivity index (χ0) is 43.0. The van der Waals surface area contributed by atoms with Crippen molar-refractivity contribution in [3.63, 3.8) is 0 Å². The third-order valence-corrected chi connectivity index (χ3v) is 8.86. The fraction of sp³-hybridized carbons (Fsp3) is 0.115. The highest BCUT2D eigenvalue weighted by atomic mass is 16.5. The molecule has 0 heterocycles. The average Bonchev–Trinajstić information content (AvgIpc) is 3.24. The lowest BCUT2D eigenvalue weighted by Gasteiger charge is -2.07. The Morgan fingerprint density at radius 3 is 0.533 bits per heavy atom. The van der Waals surface area contributed by atoms with E-state index in [4.69, 9.17) is 18.9 Å². The van der Waals surface area contributed by atoms with Gasteiger partial charge in [-0.1, -0.05) is 106 Å². The van der Waals surface area contributed by atoms with Gasteiger partial charge < -0.3 is 18.9 Å². The number of carbonyl (C=O) groups is 4. The molecule has 0 amide bonds. The molecule has 0 N–H and O–H groups in total.